The van der Waals surface area contributed by atoms with Gasteiger partial charge in [0.05, 0.1) is 11.3 Å². The molecule has 0 aliphatic carbocycles. The van der Waals surface area contributed by atoms with E-state index in [1.807, 2.05) is 47.4 Å². The number of piperidine rings is 1. The highest BCUT2D eigenvalue weighted by Crippen LogP contribution is 2.27. The summed E-state index contributed by atoms with van der Waals surface area (Å²) in [6, 6.07) is 18.7. The fraction of sp³-hybridized carbons (Fsp3) is 0.348. The van der Waals surface area contributed by atoms with Crippen molar-refractivity contribution < 1.29 is 4.79 Å². The highest BCUT2D eigenvalue weighted by atomic mass is 32.2. The third kappa shape index (κ3) is 4.36. The first-order valence-corrected chi connectivity index (χ1v) is 10.9. The Bertz CT molecular complexity index is 960. The van der Waals surface area contributed by atoms with E-state index in [0.717, 1.165) is 41.1 Å². The maximum Gasteiger partial charge on any atom is 0.233 e. The molecule has 4 nitrogen and oxygen atoms in total. The van der Waals surface area contributed by atoms with Gasteiger partial charge < -0.3 is 4.90 Å². The standard InChI is InChI=1S/C23H25N3OS/c1-17-9-7-8-14-26(17)22(27)16-28-23-19-12-5-6-13-20(19)24-21(25-23)15-18-10-3-2-4-11-18/h2-6,10-13,17H,7-9,14-16H2,1H3/t17-/m1/s1. The Morgan fingerprint density at radius 2 is 1.86 bits per heavy atom. The first kappa shape index (κ1) is 18.9. The summed E-state index contributed by atoms with van der Waals surface area (Å²) in [4.78, 5) is 24.3. The van der Waals surface area contributed by atoms with E-state index in [9.17, 15) is 4.79 Å². The minimum absolute atomic E-state index is 0.213. The van der Waals surface area contributed by atoms with Gasteiger partial charge in [0.15, 0.2) is 0 Å². The molecule has 1 amide bonds. The summed E-state index contributed by atoms with van der Waals surface area (Å²) in [5.41, 5.74) is 2.12. The Labute approximate surface area is 170 Å². The SMILES string of the molecule is C[C@@H]1CCCCN1C(=O)CSc1nc(Cc2ccccc2)nc2ccccc12. The number of carbonyl (C=O) groups excluding carboxylic acids is 1. The molecule has 1 fully saturated rings. The van der Waals surface area contributed by atoms with Crippen LogP contribution in [0.25, 0.3) is 10.9 Å². The number of nitrogens with zero attached hydrogens (tertiary/aromatic N) is 3. The average Bonchev–Trinajstić information content (AvgIpc) is 2.73. The zero-order chi connectivity index (χ0) is 19.3. The number of fused-ring (bicyclic) bond motifs is 1. The third-order valence-corrected chi connectivity index (χ3v) is 6.25. The lowest BCUT2D eigenvalue weighted by molar-refractivity contribution is -0.131. The molecule has 2 heterocycles. The van der Waals surface area contributed by atoms with Gasteiger partial charge in [0, 0.05) is 24.4 Å². The van der Waals surface area contributed by atoms with Crippen molar-refractivity contribution in [1.29, 1.82) is 0 Å². The van der Waals surface area contributed by atoms with Crippen LogP contribution in [0.5, 0.6) is 0 Å². The lowest BCUT2D eigenvalue weighted by atomic mass is 10.0. The van der Waals surface area contributed by atoms with Gasteiger partial charge in [-0.3, -0.25) is 4.79 Å². The van der Waals surface area contributed by atoms with Crippen molar-refractivity contribution in [2.75, 3.05) is 12.3 Å². The zero-order valence-corrected chi connectivity index (χ0v) is 17.0. The molecule has 0 N–H and O–H groups in total. The number of hydrogen-bond acceptors (Lipinski definition) is 4. The van der Waals surface area contributed by atoms with E-state index in [1.54, 1.807) is 0 Å². The van der Waals surface area contributed by atoms with E-state index in [1.165, 1.54) is 23.7 Å². The summed E-state index contributed by atoms with van der Waals surface area (Å²) < 4.78 is 0. The molecule has 5 heteroatoms. The molecule has 0 bridgehead atoms. The predicted molar refractivity (Wildman–Crippen MR) is 115 cm³/mol. The van der Waals surface area contributed by atoms with Crippen LogP contribution in [0.3, 0.4) is 0 Å². The first-order valence-electron chi connectivity index (χ1n) is 9.92. The number of thioether (sulfide) groups is 1. The first-order chi connectivity index (χ1) is 13.7. The molecule has 0 unspecified atom stereocenters. The number of rotatable bonds is 5. The van der Waals surface area contributed by atoms with E-state index in [4.69, 9.17) is 9.97 Å². The molecule has 144 valence electrons. The van der Waals surface area contributed by atoms with E-state index in [-0.39, 0.29) is 5.91 Å². The highest BCUT2D eigenvalue weighted by molar-refractivity contribution is 8.00. The molecular formula is C23H25N3OS. The molecule has 1 aliphatic heterocycles. The molecule has 3 aromatic rings. The van der Waals surface area contributed by atoms with E-state index in [0.29, 0.717) is 18.2 Å². The Kier molecular flexibility index (Phi) is 5.91. The number of benzene rings is 2. The summed E-state index contributed by atoms with van der Waals surface area (Å²) in [7, 11) is 0. The number of aromatic nitrogens is 2. The summed E-state index contributed by atoms with van der Waals surface area (Å²) in [6.45, 7) is 3.03. The van der Waals surface area contributed by atoms with Crippen LogP contribution in [0.4, 0.5) is 0 Å². The average molecular weight is 392 g/mol. The molecule has 28 heavy (non-hydrogen) atoms. The van der Waals surface area contributed by atoms with Crippen LogP contribution in [-0.4, -0.2) is 39.1 Å². The second kappa shape index (κ2) is 8.74. The van der Waals surface area contributed by atoms with E-state index in [2.05, 4.69) is 19.1 Å². The third-order valence-electron chi connectivity index (χ3n) is 5.28. The zero-order valence-electron chi connectivity index (χ0n) is 16.2. The van der Waals surface area contributed by atoms with Crippen LogP contribution in [0.2, 0.25) is 0 Å². The van der Waals surface area contributed by atoms with Crippen LogP contribution in [0, 0.1) is 0 Å². The lowest BCUT2D eigenvalue weighted by Crippen LogP contribution is -2.42. The van der Waals surface area contributed by atoms with Crippen molar-refractivity contribution in [2.45, 2.75) is 43.7 Å². The summed E-state index contributed by atoms with van der Waals surface area (Å²) in [5.74, 6) is 1.44. The van der Waals surface area contributed by atoms with Gasteiger partial charge in [-0.05, 0) is 37.8 Å². The van der Waals surface area contributed by atoms with E-state index < -0.39 is 0 Å². The Morgan fingerprint density at radius 3 is 2.68 bits per heavy atom. The van der Waals surface area contributed by atoms with Crippen LogP contribution in [-0.2, 0) is 11.2 Å². The van der Waals surface area contributed by atoms with Crippen molar-refractivity contribution in [3.8, 4) is 0 Å². The molecule has 0 radical (unpaired) electrons. The molecule has 2 aromatic carbocycles. The van der Waals surface area contributed by atoms with Crippen molar-refractivity contribution in [3.63, 3.8) is 0 Å². The predicted octanol–water partition coefficient (Wildman–Crippen LogP) is 4.71. The smallest absolute Gasteiger partial charge is 0.233 e. The number of likely N-dealkylation sites (tertiary alicyclic amines) is 1. The molecule has 4 rings (SSSR count). The van der Waals surface area contributed by atoms with Gasteiger partial charge in [-0.25, -0.2) is 9.97 Å². The minimum atomic E-state index is 0.213. The molecule has 1 atom stereocenters. The molecule has 1 aromatic heterocycles. The van der Waals surface area contributed by atoms with Crippen molar-refractivity contribution in [2.24, 2.45) is 0 Å². The van der Waals surface area contributed by atoms with Crippen molar-refractivity contribution in [1.82, 2.24) is 14.9 Å². The van der Waals surface area contributed by atoms with Crippen LogP contribution in [0.1, 0.15) is 37.6 Å². The van der Waals surface area contributed by atoms with Gasteiger partial charge in [0.25, 0.3) is 0 Å². The molecule has 0 saturated carbocycles. The summed E-state index contributed by atoms with van der Waals surface area (Å²) in [6.07, 6.45) is 4.13. The fourth-order valence-electron chi connectivity index (χ4n) is 3.74. The Morgan fingerprint density at radius 1 is 1.07 bits per heavy atom. The van der Waals surface area contributed by atoms with E-state index >= 15 is 0 Å². The summed E-state index contributed by atoms with van der Waals surface area (Å²) in [5, 5.41) is 1.92. The number of para-hydroxylation sites is 1. The van der Waals surface area contributed by atoms with Gasteiger partial charge in [0.1, 0.15) is 10.9 Å². The monoisotopic (exact) mass is 391 g/mol. The highest BCUT2D eigenvalue weighted by Gasteiger charge is 2.23. The maximum atomic E-state index is 12.8. The maximum absolute atomic E-state index is 12.8. The fourth-order valence-corrected chi connectivity index (χ4v) is 4.67. The second-order valence-electron chi connectivity index (χ2n) is 7.35. The Hall–Kier alpha value is -2.40. The van der Waals surface area contributed by atoms with Gasteiger partial charge >= 0.3 is 0 Å². The quantitative estimate of drug-likeness (QED) is 0.467. The molecule has 1 saturated heterocycles. The Balaban J connectivity index is 1.55. The van der Waals surface area contributed by atoms with Gasteiger partial charge in [-0.2, -0.15) is 0 Å². The second-order valence-corrected chi connectivity index (χ2v) is 8.31. The van der Waals surface area contributed by atoms with Crippen molar-refractivity contribution >= 4 is 28.6 Å². The topological polar surface area (TPSA) is 46.1 Å². The number of amides is 1. The van der Waals surface area contributed by atoms with Crippen molar-refractivity contribution in [3.05, 3.63) is 66.0 Å². The van der Waals surface area contributed by atoms with Crippen LogP contribution >= 0.6 is 11.8 Å². The van der Waals surface area contributed by atoms with Gasteiger partial charge in [-0.1, -0.05) is 60.3 Å². The molecule has 0 spiro atoms. The van der Waals surface area contributed by atoms with Crippen LogP contribution in [0.15, 0.2) is 59.6 Å². The summed E-state index contributed by atoms with van der Waals surface area (Å²) >= 11 is 1.54. The number of hydrogen-bond donors (Lipinski definition) is 0. The van der Waals surface area contributed by atoms with Crippen LogP contribution < -0.4 is 0 Å². The largest absolute Gasteiger partial charge is 0.339 e. The number of carbonyl (C=O) groups is 1. The van der Waals surface area contributed by atoms with Gasteiger partial charge in [0.2, 0.25) is 5.91 Å². The van der Waals surface area contributed by atoms with Gasteiger partial charge in [-0.15, -0.1) is 0 Å². The lowest BCUT2D eigenvalue weighted by Gasteiger charge is -2.33. The minimum Gasteiger partial charge on any atom is -0.339 e. The molecule has 1 aliphatic rings. The molecular weight excluding hydrogens is 366 g/mol. The normalized spacial score (nSPS) is 17.0.